The highest BCUT2D eigenvalue weighted by molar-refractivity contribution is 5.91. The van der Waals surface area contributed by atoms with Gasteiger partial charge in [0.25, 0.3) is 0 Å². The van der Waals surface area contributed by atoms with Crippen molar-refractivity contribution in [3.8, 4) is 5.75 Å². The molecule has 1 aliphatic rings. The zero-order valence-electron chi connectivity index (χ0n) is 18.8. The molecule has 1 aromatic rings. The Morgan fingerprint density at radius 3 is 2.44 bits per heavy atom. The molecule has 0 bridgehead atoms. The molecule has 3 N–H and O–H groups in total. The number of nitrogens with zero attached hydrogens (tertiary/aromatic N) is 1. The Hall–Kier alpha value is -3.30. The third kappa shape index (κ3) is 7.44. The van der Waals surface area contributed by atoms with E-state index < -0.39 is 41.6 Å². The molecule has 1 fully saturated rings. The third-order valence-corrected chi connectivity index (χ3v) is 4.80. The molecule has 10 heteroatoms. The van der Waals surface area contributed by atoms with Crippen LogP contribution in [-0.2, 0) is 30.3 Å². The minimum Gasteiger partial charge on any atom is -0.508 e. The molecule has 0 aromatic heterocycles. The second kappa shape index (κ2) is 10.8. The number of phenolic OH excluding ortho intramolecular Hbond substituents is 1. The monoisotopic (exact) mass is 449 g/mol. The van der Waals surface area contributed by atoms with Gasteiger partial charge in [-0.05, 0) is 51.3 Å². The zero-order valence-corrected chi connectivity index (χ0v) is 18.8. The molecule has 1 heterocycles. The van der Waals surface area contributed by atoms with Crippen molar-refractivity contribution in [3.63, 3.8) is 0 Å². The van der Waals surface area contributed by atoms with E-state index in [0.29, 0.717) is 24.9 Å². The number of nitrogens with one attached hydrogen (secondary N) is 2. The molecule has 1 aliphatic heterocycles. The van der Waals surface area contributed by atoms with Crippen LogP contribution in [-0.4, -0.2) is 71.8 Å². The van der Waals surface area contributed by atoms with Crippen LogP contribution >= 0.6 is 0 Å². The molecule has 2 rings (SSSR count). The van der Waals surface area contributed by atoms with Crippen LogP contribution in [0, 0.1) is 0 Å². The summed E-state index contributed by atoms with van der Waals surface area (Å²) in [5.74, 6) is -1.59. The normalized spacial score (nSPS) is 16.8. The lowest BCUT2D eigenvalue weighted by Crippen LogP contribution is -2.51. The molecular formula is C22H31N3O7. The Labute approximate surface area is 187 Å². The molecule has 3 amide bonds. The van der Waals surface area contributed by atoms with Crippen LogP contribution in [0.1, 0.15) is 39.2 Å². The van der Waals surface area contributed by atoms with Crippen LogP contribution in [0.3, 0.4) is 0 Å². The van der Waals surface area contributed by atoms with Crippen LogP contribution in [0.5, 0.6) is 5.75 Å². The van der Waals surface area contributed by atoms with Gasteiger partial charge in [0, 0.05) is 13.0 Å². The summed E-state index contributed by atoms with van der Waals surface area (Å²) in [6.45, 7) is 5.28. The maximum absolute atomic E-state index is 12.6. The Morgan fingerprint density at radius 2 is 1.84 bits per heavy atom. The van der Waals surface area contributed by atoms with E-state index in [0.717, 1.165) is 0 Å². The number of carbonyl (C=O) groups excluding carboxylic acids is 4. The number of ether oxygens (including phenoxy) is 2. The van der Waals surface area contributed by atoms with Gasteiger partial charge in [-0.3, -0.25) is 14.5 Å². The molecule has 1 aromatic carbocycles. The number of hydrogen-bond donors (Lipinski definition) is 3. The predicted octanol–water partition coefficient (Wildman–Crippen LogP) is 1.11. The fourth-order valence-corrected chi connectivity index (χ4v) is 3.31. The van der Waals surface area contributed by atoms with Gasteiger partial charge >= 0.3 is 12.1 Å². The van der Waals surface area contributed by atoms with E-state index in [1.807, 2.05) is 0 Å². The van der Waals surface area contributed by atoms with Crippen molar-refractivity contribution in [2.75, 3.05) is 20.2 Å². The number of carbonyl (C=O) groups is 4. The lowest BCUT2D eigenvalue weighted by Gasteiger charge is -2.28. The predicted molar refractivity (Wildman–Crippen MR) is 115 cm³/mol. The van der Waals surface area contributed by atoms with E-state index in [1.165, 1.54) is 24.1 Å². The van der Waals surface area contributed by atoms with Crippen molar-refractivity contribution in [3.05, 3.63) is 29.8 Å². The van der Waals surface area contributed by atoms with E-state index in [-0.39, 0.29) is 18.7 Å². The van der Waals surface area contributed by atoms with Crippen molar-refractivity contribution in [1.29, 1.82) is 0 Å². The van der Waals surface area contributed by atoms with Gasteiger partial charge < -0.3 is 25.2 Å². The number of aromatic hydroxyl groups is 1. The number of phenols is 1. The third-order valence-electron chi connectivity index (χ3n) is 4.80. The second-order valence-electron chi connectivity index (χ2n) is 8.56. The molecule has 32 heavy (non-hydrogen) atoms. The van der Waals surface area contributed by atoms with Crippen LogP contribution in [0.15, 0.2) is 24.3 Å². The average molecular weight is 450 g/mol. The molecule has 1 saturated heterocycles. The summed E-state index contributed by atoms with van der Waals surface area (Å²) in [7, 11) is 1.21. The quantitative estimate of drug-likeness (QED) is 0.531. The number of hydrogen-bond acceptors (Lipinski definition) is 7. The highest BCUT2D eigenvalue weighted by Crippen LogP contribution is 2.21. The molecule has 2 atom stereocenters. The molecule has 0 saturated carbocycles. The minimum absolute atomic E-state index is 0.0856. The van der Waals surface area contributed by atoms with Crippen molar-refractivity contribution in [2.24, 2.45) is 0 Å². The summed E-state index contributed by atoms with van der Waals surface area (Å²) in [6.07, 6.45) is 0.708. The van der Waals surface area contributed by atoms with Crippen LogP contribution in [0.4, 0.5) is 4.79 Å². The van der Waals surface area contributed by atoms with Crippen molar-refractivity contribution in [1.82, 2.24) is 15.5 Å². The highest BCUT2D eigenvalue weighted by Gasteiger charge is 2.36. The van der Waals surface area contributed by atoms with E-state index >= 15 is 0 Å². The summed E-state index contributed by atoms with van der Waals surface area (Å²) in [5, 5.41) is 14.4. The summed E-state index contributed by atoms with van der Waals surface area (Å²) in [6, 6.07) is 4.53. The van der Waals surface area contributed by atoms with Gasteiger partial charge in [0.2, 0.25) is 11.8 Å². The highest BCUT2D eigenvalue weighted by atomic mass is 16.6. The summed E-state index contributed by atoms with van der Waals surface area (Å²) < 4.78 is 10.1. The van der Waals surface area contributed by atoms with Gasteiger partial charge in [-0.2, -0.15) is 0 Å². The Kier molecular flexibility index (Phi) is 8.45. The molecule has 0 unspecified atom stereocenters. The SMILES string of the molecule is COC(=O)[C@H](Cc1ccc(O)cc1)NC(=O)CNC(=O)[C@@H]1CCCN1C(=O)OC(C)(C)C. The first kappa shape index (κ1) is 25.0. The first-order chi connectivity index (χ1) is 15.0. The number of rotatable bonds is 7. The van der Waals surface area contributed by atoms with E-state index in [1.54, 1.807) is 32.9 Å². The lowest BCUT2D eigenvalue weighted by atomic mass is 10.1. The van der Waals surface area contributed by atoms with Crippen molar-refractivity contribution >= 4 is 23.9 Å². The van der Waals surface area contributed by atoms with Crippen LogP contribution < -0.4 is 10.6 Å². The summed E-state index contributed by atoms with van der Waals surface area (Å²) in [4.78, 5) is 50.7. The van der Waals surface area contributed by atoms with Gasteiger partial charge in [-0.15, -0.1) is 0 Å². The lowest BCUT2D eigenvalue weighted by molar-refractivity contribution is -0.145. The number of methoxy groups -OCH3 is 1. The molecule has 10 nitrogen and oxygen atoms in total. The number of benzene rings is 1. The summed E-state index contributed by atoms with van der Waals surface area (Å²) in [5.41, 5.74) is 0.0301. The Bertz CT molecular complexity index is 833. The Morgan fingerprint density at radius 1 is 1.19 bits per heavy atom. The van der Waals surface area contributed by atoms with Crippen molar-refractivity contribution in [2.45, 2.75) is 57.7 Å². The topological polar surface area (TPSA) is 134 Å². The molecule has 0 radical (unpaired) electrons. The van der Waals surface area contributed by atoms with Gasteiger partial charge in [-0.1, -0.05) is 12.1 Å². The second-order valence-corrected chi connectivity index (χ2v) is 8.56. The standard InChI is InChI=1S/C22H31N3O7/c1-22(2,3)32-21(30)25-11-5-6-17(25)19(28)23-13-18(27)24-16(20(29)31-4)12-14-7-9-15(26)10-8-14/h7-10,16-17,26H,5-6,11-13H2,1-4H3,(H,23,28)(H,24,27)/t16-,17-/m0/s1. The van der Waals surface area contributed by atoms with E-state index in [2.05, 4.69) is 10.6 Å². The van der Waals surface area contributed by atoms with Gasteiger partial charge in [0.1, 0.15) is 23.4 Å². The smallest absolute Gasteiger partial charge is 0.410 e. The average Bonchev–Trinajstić information content (AvgIpc) is 3.21. The summed E-state index contributed by atoms with van der Waals surface area (Å²) >= 11 is 0. The van der Waals surface area contributed by atoms with Crippen molar-refractivity contribution < 1.29 is 33.8 Å². The van der Waals surface area contributed by atoms with Crippen LogP contribution in [0.25, 0.3) is 0 Å². The minimum atomic E-state index is -0.960. The number of amides is 3. The number of likely N-dealkylation sites (tertiary alicyclic amines) is 1. The maximum atomic E-state index is 12.6. The van der Waals surface area contributed by atoms with E-state index in [9.17, 15) is 24.3 Å². The molecule has 176 valence electrons. The number of esters is 1. The van der Waals surface area contributed by atoms with Crippen LogP contribution in [0.2, 0.25) is 0 Å². The fraction of sp³-hybridized carbons (Fsp3) is 0.545. The molecular weight excluding hydrogens is 418 g/mol. The maximum Gasteiger partial charge on any atom is 0.410 e. The Balaban J connectivity index is 1.91. The van der Waals surface area contributed by atoms with Gasteiger partial charge in [0.15, 0.2) is 0 Å². The zero-order chi connectivity index (χ0) is 23.9. The molecule has 0 aliphatic carbocycles. The fourth-order valence-electron chi connectivity index (χ4n) is 3.31. The van der Waals surface area contributed by atoms with Gasteiger partial charge in [0.05, 0.1) is 13.7 Å². The first-order valence-corrected chi connectivity index (χ1v) is 10.4. The first-order valence-electron chi connectivity index (χ1n) is 10.4. The van der Waals surface area contributed by atoms with E-state index in [4.69, 9.17) is 9.47 Å². The molecule has 0 spiro atoms. The van der Waals surface area contributed by atoms with Gasteiger partial charge in [-0.25, -0.2) is 9.59 Å². The largest absolute Gasteiger partial charge is 0.508 e.